The summed E-state index contributed by atoms with van der Waals surface area (Å²) in [6.45, 7) is 3.88. The quantitative estimate of drug-likeness (QED) is 0.841. The van der Waals surface area contributed by atoms with Gasteiger partial charge in [-0.2, -0.15) is 0 Å². The topological polar surface area (TPSA) is 57.5 Å². The van der Waals surface area contributed by atoms with Crippen LogP contribution in [0, 0.1) is 19.8 Å². The highest BCUT2D eigenvalue weighted by Gasteiger charge is 2.47. The van der Waals surface area contributed by atoms with Crippen molar-refractivity contribution in [1.29, 1.82) is 0 Å². The number of benzene rings is 1. The lowest BCUT2D eigenvalue weighted by Gasteiger charge is -2.29. The van der Waals surface area contributed by atoms with Crippen molar-refractivity contribution in [2.45, 2.75) is 38.7 Å². The second-order valence-electron chi connectivity index (χ2n) is 5.09. The summed E-state index contributed by atoms with van der Waals surface area (Å²) in [5, 5.41) is 19.7. The van der Waals surface area contributed by atoms with Crippen molar-refractivity contribution < 1.29 is 15.0 Å². The second-order valence-corrected chi connectivity index (χ2v) is 5.09. The maximum absolute atomic E-state index is 11.0. The number of rotatable bonds is 4. The summed E-state index contributed by atoms with van der Waals surface area (Å²) < 4.78 is 0. The molecule has 1 aromatic rings. The van der Waals surface area contributed by atoms with E-state index in [1.54, 1.807) is 0 Å². The molecule has 0 radical (unpaired) electrons. The lowest BCUT2D eigenvalue weighted by atomic mass is 9.82. The molecule has 0 saturated heterocycles. The highest BCUT2D eigenvalue weighted by molar-refractivity contribution is 5.69. The van der Waals surface area contributed by atoms with E-state index in [1.165, 1.54) is 0 Å². The molecule has 1 unspecified atom stereocenters. The third-order valence-electron chi connectivity index (χ3n) is 3.53. The van der Waals surface area contributed by atoms with Crippen molar-refractivity contribution in [3.63, 3.8) is 0 Å². The zero-order chi connectivity index (χ0) is 12.6. The lowest BCUT2D eigenvalue weighted by molar-refractivity contribution is -0.144. The van der Waals surface area contributed by atoms with Gasteiger partial charge >= 0.3 is 5.97 Å². The van der Waals surface area contributed by atoms with E-state index in [2.05, 4.69) is 0 Å². The molecule has 92 valence electrons. The first-order valence-electron chi connectivity index (χ1n) is 5.95. The molecule has 0 spiro atoms. The van der Waals surface area contributed by atoms with Crippen LogP contribution in [0.5, 0.6) is 0 Å². The van der Waals surface area contributed by atoms with Gasteiger partial charge in [0.1, 0.15) is 5.60 Å². The minimum atomic E-state index is -1.19. The predicted octanol–water partition coefficient (Wildman–Crippen LogP) is 2.38. The lowest BCUT2D eigenvalue weighted by Crippen LogP contribution is -2.32. The first kappa shape index (κ1) is 12.1. The molecule has 0 aliphatic heterocycles. The summed E-state index contributed by atoms with van der Waals surface area (Å²) >= 11 is 0. The number of hydrogen-bond donors (Lipinski definition) is 2. The van der Waals surface area contributed by atoms with Gasteiger partial charge in [0.05, 0.1) is 6.42 Å². The average molecular weight is 234 g/mol. The van der Waals surface area contributed by atoms with Gasteiger partial charge in [-0.3, -0.25) is 4.79 Å². The Morgan fingerprint density at radius 2 is 2.06 bits per heavy atom. The first-order valence-corrected chi connectivity index (χ1v) is 5.95. The van der Waals surface area contributed by atoms with Crippen molar-refractivity contribution >= 4 is 5.97 Å². The summed E-state index contributed by atoms with van der Waals surface area (Å²) in [7, 11) is 0. The summed E-state index contributed by atoms with van der Waals surface area (Å²) in [4.78, 5) is 11.0. The summed E-state index contributed by atoms with van der Waals surface area (Å²) in [5.41, 5.74) is 1.60. The minimum Gasteiger partial charge on any atom is -0.481 e. The minimum absolute atomic E-state index is 0.0964. The molecule has 0 amide bonds. The van der Waals surface area contributed by atoms with Gasteiger partial charge in [-0.05, 0) is 43.7 Å². The van der Waals surface area contributed by atoms with E-state index in [0.29, 0.717) is 0 Å². The fraction of sp³-hybridized carbons (Fsp3) is 0.500. The van der Waals surface area contributed by atoms with Crippen LogP contribution in [0.15, 0.2) is 18.2 Å². The van der Waals surface area contributed by atoms with Crippen LogP contribution in [0.2, 0.25) is 0 Å². The SMILES string of the molecule is Cc1ccc(C)c(C(O)(CC(=O)O)C2CC2)c1. The monoisotopic (exact) mass is 234 g/mol. The molecule has 1 saturated carbocycles. The molecule has 1 aromatic carbocycles. The van der Waals surface area contributed by atoms with Crippen LogP contribution in [-0.4, -0.2) is 16.2 Å². The van der Waals surface area contributed by atoms with Crippen LogP contribution in [0.25, 0.3) is 0 Å². The fourth-order valence-corrected chi connectivity index (χ4v) is 2.45. The Morgan fingerprint density at radius 3 is 2.59 bits per heavy atom. The number of aryl methyl sites for hydroxylation is 2. The van der Waals surface area contributed by atoms with Gasteiger partial charge in [-0.25, -0.2) is 0 Å². The van der Waals surface area contributed by atoms with E-state index in [9.17, 15) is 9.90 Å². The van der Waals surface area contributed by atoms with Crippen molar-refractivity contribution in [2.24, 2.45) is 5.92 Å². The Hall–Kier alpha value is -1.35. The number of hydrogen-bond acceptors (Lipinski definition) is 2. The molecule has 0 bridgehead atoms. The standard InChI is InChI=1S/C14H18O3/c1-9-3-4-10(2)12(7-9)14(17,8-13(15)16)11-5-6-11/h3-4,7,11,17H,5-6,8H2,1-2H3,(H,15,16). The maximum atomic E-state index is 11.0. The predicted molar refractivity (Wildman–Crippen MR) is 64.8 cm³/mol. The number of carboxylic acids is 1. The van der Waals surface area contributed by atoms with Gasteiger partial charge in [0.25, 0.3) is 0 Å². The van der Waals surface area contributed by atoms with Crippen LogP contribution in [0.3, 0.4) is 0 Å². The normalized spacial score (nSPS) is 18.8. The van der Waals surface area contributed by atoms with E-state index in [4.69, 9.17) is 5.11 Å². The van der Waals surface area contributed by atoms with Gasteiger partial charge in [0.2, 0.25) is 0 Å². The molecular formula is C14H18O3. The molecular weight excluding hydrogens is 216 g/mol. The Kier molecular flexibility index (Phi) is 2.96. The molecule has 0 heterocycles. The molecule has 1 atom stereocenters. The van der Waals surface area contributed by atoms with E-state index >= 15 is 0 Å². The molecule has 1 aliphatic rings. The highest BCUT2D eigenvalue weighted by Crippen LogP contribution is 2.48. The zero-order valence-corrected chi connectivity index (χ0v) is 10.2. The van der Waals surface area contributed by atoms with Crippen molar-refractivity contribution in [3.05, 3.63) is 34.9 Å². The highest BCUT2D eigenvalue weighted by atomic mass is 16.4. The molecule has 17 heavy (non-hydrogen) atoms. The second kappa shape index (κ2) is 4.15. The molecule has 3 nitrogen and oxygen atoms in total. The number of aliphatic carboxylic acids is 1. The van der Waals surface area contributed by atoms with Gasteiger partial charge in [0, 0.05) is 0 Å². The van der Waals surface area contributed by atoms with Crippen LogP contribution < -0.4 is 0 Å². The Labute approximate surface area is 101 Å². The smallest absolute Gasteiger partial charge is 0.306 e. The Bertz CT molecular complexity index is 449. The molecule has 1 aliphatic carbocycles. The average Bonchev–Trinajstić information content (AvgIpc) is 3.04. The number of aliphatic hydroxyl groups is 1. The third-order valence-corrected chi connectivity index (χ3v) is 3.53. The van der Waals surface area contributed by atoms with E-state index in [0.717, 1.165) is 29.5 Å². The zero-order valence-electron chi connectivity index (χ0n) is 10.2. The van der Waals surface area contributed by atoms with Crippen molar-refractivity contribution in [3.8, 4) is 0 Å². The van der Waals surface area contributed by atoms with Gasteiger partial charge in [0.15, 0.2) is 0 Å². The maximum Gasteiger partial charge on any atom is 0.306 e. The van der Waals surface area contributed by atoms with Gasteiger partial charge in [-0.1, -0.05) is 23.8 Å². The van der Waals surface area contributed by atoms with E-state index in [1.807, 2.05) is 32.0 Å². The molecule has 1 fully saturated rings. The Balaban J connectivity index is 2.44. The van der Waals surface area contributed by atoms with Crippen LogP contribution in [0.1, 0.15) is 36.0 Å². The van der Waals surface area contributed by atoms with Gasteiger partial charge < -0.3 is 10.2 Å². The molecule has 0 aromatic heterocycles. The third kappa shape index (κ3) is 2.34. The first-order chi connectivity index (χ1) is 7.93. The largest absolute Gasteiger partial charge is 0.481 e. The molecule has 2 N–H and O–H groups in total. The van der Waals surface area contributed by atoms with Gasteiger partial charge in [-0.15, -0.1) is 0 Å². The van der Waals surface area contributed by atoms with Crippen LogP contribution in [-0.2, 0) is 10.4 Å². The summed E-state index contributed by atoms with van der Waals surface area (Å²) in [5.74, 6) is -0.848. The van der Waals surface area contributed by atoms with Crippen LogP contribution in [0.4, 0.5) is 0 Å². The van der Waals surface area contributed by atoms with Crippen molar-refractivity contribution in [2.75, 3.05) is 0 Å². The van der Waals surface area contributed by atoms with E-state index in [-0.39, 0.29) is 12.3 Å². The number of carbonyl (C=O) groups is 1. The fourth-order valence-electron chi connectivity index (χ4n) is 2.45. The van der Waals surface area contributed by atoms with E-state index < -0.39 is 11.6 Å². The van der Waals surface area contributed by atoms with Crippen molar-refractivity contribution in [1.82, 2.24) is 0 Å². The summed E-state index contributed by atoms with van der Waals surface area (Å²) in [6, 6.07) is 5.84. The molecule has 3 heteroatoms. The van der Waals surface area contributed by atoms with Crippen LogP contribution >= 0.6 is 0 Å². The number of carboxylic acid groups (broad SMARTS) is 1. The summed E-state index contributed by atoms with van der Waals surface area (Å²) in [6.07, 6.45) is 1.62. The molecule has 2 rings (SSSR count). The Morgan fingerprint density at radius 1 is 1.41 bits per heavy atom.